The van der Waals surface area contributed by atoms with Gasteiger partial charge in [0.05, 0.1) is 10.2 Å². The van der Waals surface area contributed by atoms with Gasteiger partial charge in [-0.2, -0.15) is 10.1 Å². The van der Waals surface area contributed by atoms with Crippen LogP contribution in [0.4, 0.5) is 4.39 Å². The van der Waals surface area contributed by atoms with Crippen LogP contribution in [-0.4, -0.2) is 19.9 Å². The minimum atomic E-state index is -0.405. The molecule has 0 amide bonds. The highest BCUT2D eigenvalue weighted by molar-refractivity contribution is 9.10. The Balaban J connectivity index is 1.74. The molecule has 9 heteroatoms. The third kappa shape index (κ3) is 3.54. The van der Waals surface area contributed by atoms with Crippen molar-refractivity contribution in [3.8, 4) is 28.7 Å². The lowest BCUT2D eigenvalue weighted by molar-refractivity contribution is 0.429. The molecule has 0 spiro atoms. The molecule has 0 saturated carbocycles. The fourth-order valence-corrected chi connectivity index (χ4v) is 2.87. The molecule has 2 aromatic heterocycles. The van der Waals surface area contributed by atoms with E-state index in [2.05, 4.69) is 31.2 Å². The molecule has 2 heterocycles. The molecule has 0 N–H and O–H groups in total. The summed E-state index contributed by atoms with van der Waals surface area (Å²) in [4.78, 5) is 16.4. The third-order valence-electron chi connectivity index (χ3n) is 3.71. The summed E-state index contributed by atoms with van der Waals surface area (Å²) in [5.74, 6) is -0.217. The van der Waals surface area contributed by atoms with Gasteiger partial charge in [-0.15, -0.1) is 0 Å². The van der Waals surface area contributed by atoms with Crippen LogP contribution >= 0.6 is 27.5 Å². The molecule has 0 atom stereocenters. The van der Waals surface area contributed by atoms with Gasteiger partial charge in [0.25, 0.3) is 5.89 Å². The molecule has 4 rings (SSSR count). The average molecular weight is 448 g/mol. The number of rotatable bonds is 3. The minimum Gasteiger partial charge on any atom is -0.332 e. The first-order chi connectivity index (χ1) is 13.0. The Bertz CT molecular complexity index is 1190. The molecule has 6 nitrogen and oxygen atoms in total. The number of benzene rings is 2. The van der Waals surface area contributed by atoms with Gasteiger partial charge in [0, 0.05) is 22.8 Å². The summed E-state index contributed by atoms with van der Waals surface area (Å²) in [7, 11) is 0. The Morgan fingerprint density at radius 1 is 1.11 bits per heavy atom. The molecule has 134 valence electrons. The standard InChI is InChI=1S/C18H9BrClFN4O2/c19-13-9-10(1-6-14(13)21)17-22-18(27-24-17)16-15(26)7-8-25(23-16)12-4-2-11(20)3-5-12/h1-9H. The minimum absolute atomic E-state index is 0.00683. The first kappa shape index (κ1) is 17.6. The van der Waals surface area contributed by atoms with Crippen molar-refractivity contribution in [1.29, 1.82) is 0 Å². The smallest absolute Gasteiger partial charge is 0.282 e. The number of hydrogen-bond acceptors (Lipinski definition) is 5. The van der Waals surface area contributed by atoms with Crippen molar-refractivity contribution in [2.24, 2.45) is 0 Å². The fraction of sp³-hybridized carbons (Fsp3) is 0. The average Bonchev–Trinajstić information content (AvgIpc) is 3.15. The molecule has 0 unspecified atom stereocenters. The monoisotopic (exact) mass is 446 g/mol. The van der Waals surface area contributed by atoms with Crippen LogP contribution in [0, 0.1) is 5.82 Å². The highest BCUT2D eigenvalue weighted by Crippen LogP contribution is 2.24. The SMILES string of the molecule is O=c1ccn(-c2ccc(Cl)cc2)nc1-c1nc(-c2ccc(F)c(Br)c2)no1. The predicted octanol–water partition coefficient (Wildman–Crippen LogP) is 4.50. The normalized spacial score (nSPS) is 10.9. The molecule has 0 aliphatic heterocycles. The Kier molecular flexibility index (Phi) is 4.59. The Labute approximate surface area is 165 Å². The van der Waals surface area contributed by atoms with Crippen molar-refractivity contribution in [3.05, 3.63) is 80.3 Å². The van der Waals surface area contributed by atoms with Gasteiger partial charge < -0.3 is 4.52 Å². The lowest BCUT2D eigenvalue weighted by atomic mass is 10.2. The van der Waals surface area contributed by atoms with Gasteiger partial charge in [0.1, 0.15) is 5.82 Å². The zero-order valence-corrected chi connectivity index (χ0v) is 15.8. The summed E-state index contributed by atoms with van der Waals surface area (Å²) >= 11 is 9.00. The molecule has 2 aromatic carbocycles. The van der Waals surface area contributed by atoms with Crippen molar-refractivity contribution >= 4 is 27.5 Å². The summed E-state index contributed by atoms with van der Waals surface area (Å²) in [6.07, 6.45) is 1.53. The van der Waals surface area contributed by atoms with Crippen molar-refractivity contribution in [3.63, 3.8) is 0 Å². The van der Waals surface area contributed by atoms with Crippen LogP contribution in [0.3, 0.4) is 0 Å². The maximum Gasteiger partial charge on any atom is 0.282 e. The maximum atomic E-state index is 13.4. The molecular formula is C18H9BrClFN4O2. The van der Waals surface area contributed by atoms with Crippen molar-refractivity contribution in [1.82, 2.24) is 19.9 Å². The summed E-state index contributed by atoms with van der Waals surface area (Å²) in [5.41, 5.74) is 0.887. The van der Waals surface area contributed by atoms with E-state index in [0.29, 0.717) is 16.3 Å². The van der Waals surface area contributed by atoms with E-state index in [1.807, 2.05) is 0 Å². The predicted molar refractivity (Wildman–Crippen MR) is 101 cm³/mol. The van der Waals surface area contributed by atoms with Crippen molar-refractivity contribution in [2.75, 3.05) is 0 Å². The van der Waals surface area contributed by atoms with Gasteiger partial charge in [0.2, 0.25) is 11.3 Å². The number of nitrogens with zero attached hydrogens (tertiary/aromatic N) is 4. The van der Waals surface area contributed by atoms with Gasteiger partial charge >= 0.3 is 0 Å². The highest BCUT2D eigenvalue weighted by Gasteiger charge is 2.16. The second-order valence-corrected chi connectivity index (χ2v) is 6.79. The van der Waals surface area contributed by atoms with Gasteiger partial charge in [-0.1, -0.05) is 16.8 Å². The topological polar surface area (TPSA) is 73.8 Å². The molecule has 27 heavy (non-hydrogen) atoms. The molecule has 0 saturated heterocycles. The van der Waals surface area contributed by atoms with E-state index >= 15 is 0 Å². The third-order valence-corrected chi connectivity index (χ3v) is 4.57. The zero-order valence-electron chi connectivity index (χ0n) is 13.4. The fourth-order valence-electron chi connectivity index (χ4n) is 2.37. The van der Waals surface area contributed by atoms with Gasteiger partial charge in [-0.3, -0.25) is 4.79 Å². The molecule has 0 aliphatic rings. The molecule has 0 aliphatic carbocycles. The second kappa shape index (κ2) is 7.05. The van der Waals surface area contributed by atoms with Gasteiger partial charge in [-0.05, 0) is 58.4 Å². The summed E-state index contributed by atoms with van der Waals surface area (Å²) < 4.78 is 20.4. The second-order valence-electron chi connectivity index (χ2n) is 5.50. The van der Waals surface area contributed by atoms with Crippen LogP contribution in [-0.2, 0) is 0 Å². The highest BCUT2D eigenvalue weighted by atomic mass is 79.9. The Morgan fingerprint density at radius 3 is 2.63 bits per heavy atom. The van der Waals surface area contributed by atoms with Crippen LogP contribution in [0.15, 0.2) is 68.5 Å². The Hall–Kier alpha value is -2.84. The molecule has 4 aromatic rings. The van der Waals surface area contributed by atoms with E-state index in [4.69, 9.17) is 16.1 Å². The van der Waals surface area contributed by atoms with Crippen LogP contribution < -0.4 is 5.43 Å². The summed E-state index contributed by atoms with van der Waals surface area (Å²) in [6, 6.07) is 12.6. The van der Waals surface area contributed by atoms with Crippen LogP contribution in [0.2, 0.25) is 5.02 Å². The molecule has 0 radical (unpaired) electrons. The first-order valence-electron chi connectivity index (χ1n) is 7.67. The van der Waals surface area contributed by atoms with E-state index in [1.165, 1.54) is 35.1 Å². The summed E-state index contributed by atoms with van der Waals surface area (Å²) in [6.45, 7) is 0. The lowest BCUT2D eigenvalue weighted by Crippen LogP contribution is -2.12. The number of aromatic nitrogens is 4. The molecular weight excluding hydrogens is 439 g/mol. The van der Waals surface area contributed by atoms with Crippen LogP contribution in [0.25, 0.3) is 28.7 Å². The van der Waals surface area contributed by atoms with Gasteiger partial charge in [0.15, 0.2) is 5.69 Å². The number of hydrogen-bond donors (Lipinski definition) is 0. The first-order valence-corrected chi connectivity index (χ1v) is 8.84. The summed E-state index contributed by atoms with van der Waals surface area (Å²) in [5, 5.41) is 8.72. The molecule has 0 fully saturated rings. The van der Waals surface area contributed by atoms with Crippen LogP contribution in [0.1, 0.15) is 0 Å². The van der Waals surface area contributed by atoms with Crippen LogP contribution in [0.5, 0.6) is 0 Å². The van der Waals surface area contributed by atoms with E-state index in [-0.39, 0.29) is 27.3 Å². The Morgan fingerprint density at radius 2 is 1.89 bits per heavy atom. The largest absolute Gasteiger partial charge is 0.332 e. The van der Waals surface area contributed by atoms with E-state index in [9.17, 15) is 9.18 Å². The quantitative estimate of drug-likeness (QED) is 0.462. The van der Waals surface area contributed by atoms with E-state index in [0.717, 1.165) is 0 Å². The zero-order chi connectivity index (χ0) is 19.0. The van der Waals surface area contributed by atoms with E-state index in [1.54, 1.807) is 24.3 Å². The van der Waals surface area contributed by atoms with E-state index < -0.39 is 5.82 Å². The van der Waals surface area contributed by atoms with Crippen molar-refractivity contribution in [2.45, 2.75) is 0 Å². The lowest BCUT2D eigenvalue weighted by Gasteiger charge is -2.05. The number of halogens is 3. The van der Waals surface area contributed by atoms with Crippen molar-refractivity contribution < 1.29 is 8.91 Å². The molecule has 0 bridgehead atoms. The van der Waals surface area contributed by atoms with Gasteiger partial charge in [-0.25, -0.2) is 9.07 Å². The maximum absolute atomic E-state index is 13.4.